The average molecular weight is 768 g/mol. The van der Waals surface area contributed by atoms with E-state index in [2.05, 4.69) is 158 Å². The molecule has 282 valence electrons. The van der Waals surface area contributed by atoms with Gasteiger partial charge in [0.05, 0.1) is 34.2 Å². The highest BCUT2D eigenvalue weighted by molar-refractivity contribution is 5.78. The molecule has 0 N–H and O–H groups in total. The van der Waals surface area contributed by atoms with Gasteiger partial charge in [0.15, 0.2) is 5.82 Å². The lowest BCUT2D eigenvalue weighted by Gasteiger charge is -2.11. The fourth-order valence-electron chi connectivity index (χ4n) is 7.44. The predicted molar refractivity (Wildman–Crippen MR) is 244 cm³/mol. The van der Waals surface area contributed by atoms with Gasteiger partial charge in [0.1, 0.15) is 0 Å². The van der Waals surface area contributed by atoms with E-state index in [1.807, 2.05) is 67.0 Å². The van der Waals surface area contributed by atoms with Gasteiger partial charge in [-0.3, -0.25) is 9.97 Å². The van der Waals surface area contributed by atoms with Crippen LogP contribution in [-0.4, -0.2) is 24.9 Å². The molecule has 6 aromatic carbocycles. The molecule has 4 aromatic heterocycles. The van der Waals surface area contributed by atoms with Gasteiger partial charge in [-0.05, 0) is 75.3 Å². The van der Waals surface area contributed by atoms with Crippen LogP contribution < -0.4 is 0 Å². The Kier molecular flexibility index (Phi) is 9.88. The van der Waals surface area contributed by atoms with Crippen LogP contribution in [0, 0.1) is 0 Å². The molecular formula is C55H37N5. The van der Waals surface area contributed by atoms with Gasteiger partial charge in [-0.15, -0.1) is 0 Å². The fourth-order valence-corrected chi connectivity index (χ4v) is 7.44. The Bertz CT molecular complexity index is 2970. The van der Waals surface area contributed by atoms with Crippen molar-refractivity contribution < 1.29 is 0 Å². The standard InChI is InChI=1S/C55H37N5/c1-5-13-38(14-6-1)46-31-32-56-52(33-46)54-35-48(39-15-7-2-8-16-39)34-53(58-54)49-30-29-47(37-57-49)42-23-21-40(22-24-42)41-25-27-45(28-26-41)55-59-50(43-17-9-3-10-18-43)36-51(60-55)44-19-11-4-12-20-44/h1-37H. The monoisotopic (exact) mass is 767 g/mol. The maximum atomic E-state index is 5.11. The Balaban J connectivity index is 0.911. The van der Waals surface area contributed by atoms with Gasteiger partial charge < -0.3 is 0 Å². The Labute approximate surface area is 349 Å². The second kappa shape index (κ2) is 16.4. The molecule has 0 saturated carbocycles. The number of nitrogens with zero attached hydrogens (tertiary/aromatic N) is 5. The molecule has 0 aliphatic rings. The van der Waals surface area contributed by atoms with Crippen LogP contribution in [-0.2, 0) is 0 Å². The molecule has 0 bridgehead atoms. The fraction of sp³-hybridized carbons (Fsp3) is 0. The van der Waals surface area contributed by atoms with E-state index in [1.54, 1.807) is 0 Å². The van der Waals surface area contributed by atoms with Gasteiger partial charge in [-0.25, -0.2) is 15.0 Å². The van der Waals surface area contributed by atoms with E-state index in [4.69, 9.17) is 24.9 Å². The van der Waals surface area contributed by atoms with Crippen molar-refractivity contribution in [1.82, 2.24) is 24.9 Å². The first-order chi connectivity index (χ1) is 29.7. The Morgan fingerprint density at radius 2 is 0.633 bits per heavy atom. The minimum atomic E-state index is 0.695. The summed E-state index contributed by atoms with van der Waals surface area (Å²) in [5.74, 6) is 0.695. The van der Waals surface area contributed by atoms with Gasteiger partial charge in [0.25, 0.3) is 0 Å². The molecule has 0 spiro atoms. The van der Waals surface area contributed by atoms with Crippen molar-refractivity contribution in [2.45, 2.75) is 0 Å². The first kappa shape index (κ1) is 36.2. The van der Waals surface area contributed by atoms with Crippen LogP contribution in [0.4, 0.5) is 0 Å². The number of pyridine rings is 3. The molecule has 10 rings (SSSR count). The summed E-state index contributed by atoms with van der Waals surface area (Å²) in [5, 5.41) is 0. The molecule has 0 atom stereocenters. The van der Waals surface area contributed by atoms with Gasteiger partial charge in [0, 0.05) is 34.6 Å². The maximum absolute atomic E-state index is 5.11. The lowest BCUT2D eigenvalue weighted by atomic mass is 9.99. The van der Waals surface area contributed by atoms with Crippen molar-refractivity contribution in [3.05, 3.63) is 225 Å². The molecule has 0 aliphatic heterocycles. The van der Waals surface area contributed by atoms with Crippen LogP contribution in [0.25, 0.3) is 101 Å². The number of aromatic nitrogens is 5. The molecule has 60 heavy (non-hydrogen) atoms. The SMILES string of the molecule is c1ccc(-c2ccnc(-c3cc(-c4ccccc4)cc(-c4ccc(-c5ccc(-c6ccc(-c7nc(-c8ccccc8)cc(-c8ccccc8)n7)cc6)cc5)cn4)n3)c2)cc1. The van der Waals surface area contributed by atoms with Crippen molar-refractivity contribution >= 4 is 0 Å². The highest BCUT2D eigenvalue weighted by Gasteiger charge is 2.14. The number of hydrogen-bond acceptors (Lipinski definition) is 5. The highest BCUT2D eigenvalue weighted by Crippen LogP contribution is 2.33. The van der Waals surface area contributed by atoms with Crippen LogP contribution in [0.5, 0.6) is 0 Å². The molecule has 4 heterocycles. The number of rotatable bonds is 9. The zero-order valence-electron chi connectivity index (χ0n) is 32.6. The average Bonchev–Trinajstić information content (AvgIpc) is 3.35. The summed E-state index contributed by atoms with van der Waals surface area (Å²) in [5.41, 5.74) is 16.8. The minimum absolute atomic E-state index is 0.695. The number of benzene rings is 6. The Morgan fingerprint density at radius 3 is 1.15 bits per heavy atom. The van der Waals surface area contributed by atoms with Crippen molar-refractivity contribution in [2.24, 2.45) is 0 Å². The molecular weight excluding hydrogens is 731 g/mol. The minimum Gasteiger partial charge on any atom is -0.255 e. The third-order valence-electron chi connectivity index (χ3n) is 10.6. The lowest BCUT2D eigenvalue weighted by molar-refractivity contribution is 1.18. The van der Waals surface area contributed by atoms with Crippen LogP contribution in [0.3, 0.4) is 0 Å². The Morgan fingerprint density at radius 1 is 0.217 bits per heavy atom. The summed E-state index contributed by atoms with van der Waals surface area (Å²) in [4.78, 5) is 24.8. The topological polar surface area (TPSA) is 64.5 Å². The second-order valence-corrected chi connectivity index (χ2v) is 14.6. The van der Waals surface area contributed by atoms with E-state index in [-0.39, 0.29) is 0 Å². The third-order valence-corrected chi connectivity index (χ3v) is 10.6. The molecule has 0 fully saturated rings. The maximum Gasteiger partial charge on any atom is 0.160 e. The van der Waals surface area contributed by atoms with E-state index >= 15 is 0 Å². The van der Waals surface area contributed by atoms with Crippen LogP contribution >= 0.6 is 0 Å². The zero-order valence-corrected chi connectivity index (χ0v) is 32.6. The van der Waals surface area contributed by atoms with E-state index in [9.17, 15) is 0 Å². The van der Waals surface area contributed by atoms with Crippen molar-refractivity contribution in [3.63, 3.8) is 0 Å². The molecule has 5 heteroatoms. The normalized spacial score (nSPS) is 11.0. The van der Waals surface area contributed by atoms with Gasteiger partial charge in [0.2, 0.25) is 0 Å². The quantitative estimate of drug-likeness (QED) is 0.146. The summed E-state index contributed by atoms with van der Waals surface area (Å²) in [6.07, 6.45) is 3.78. The molecule has 0 aliphatic carbocycles. The van der Waals surface area contributed by atoms with Crippen molar-refractivity contribution in [2.75, 3.05) is 0 Å². The molecule has 0 unspecified atom stereocenters. The molecule has 5 nitrogen and oxygen atoms in total. The van der Waals surface area contributed by atoms with Gasteiger partial charge in [-0.2, -0.15) is 0 Å². The summed E-state index contributed by atoms with van der Waals surface area (Å²) in [6, 6.07) is 72.9. The smallest absolute Gasteiger partial charge is 0.160 e. The molecule has 0 saturated heterocycles. The highest BCUT2D eigenvalue weighted by atomic mass is 14.9. The number of hydrogen-bond donors (Lipinski definition) is 0. The van der Waals surface area contributed by atoms with Gasteiger partial charge >= 0.3 is 0 Å². The van der Waals surface area contributed by atoms with E-state index in [1.165, 1.54) is 0 Å². The summed E-state index contributed by atoms with van der Waals surface area (Å²) >= 11 is 0. The molecule has 10 aromatic rings. The van der Waals surface area contributed by atoms with E-state index < -0.39 is 0 Å². The second-order valence-electron chi connectivity index (χ2n) is 14.6. The summed E-state index contributed by atoms with van der Waals surface area (Å²) in [6.45, 7) is 0. The van der Waals surface area contributed by atoms with Crippen molar-refractivity contribution in [1.29, 1.82) is 0 Å². The van der Waals surface area contributed by atoms with Gasteiger partial charge in [-0.1, -0.05) is 176 Å². The van der Waals surface area contributed by atoms with E-state index in [0.29, 0.717) is 5.82 Å². The molecule has 0 radical (unpaired) electrons. The van der Waals surface area contributed by atoms with Crippen LogP contribution in [0.2, 0.25) is 0 Å². The first-order valence-electron chi connectivity index (χ1n) is 20.0. The summed E-state index contributed by atoms with van der Waals surface area (Å²) in [7, 11) is 0. The lowest BCUT2D eigenvalue weighted by Crippen LogP contribution is -1.96. The van der Waals surface area contributed by atoms with Crippen LogP contribution in [0.15, 0.2) is 225 Å². The van der Waals surface area contributed by atoms with E-state index in [0.717, 1.165) is 95.4 Å². The first-order valence-corrected chi connectivity index (χ1v) is 20.0. The zero-order chi connectivity index (χ0) is 40.1. The van der Waals surface area contributed by atoms with Crippen LogP contribution in [0.1, 0.15) is 0 Å². The third kappa shape index (κ3) is 7.76. The summed E-state index contributed by atoms with van der Waals surface area (Å²) < 4.78 is 0. The largest absolute Gasteiger partial charge is 0.255 e. The predicted octanol–water partition coefficient (Wildman–Crippen LogP) is 13.7. The molecule has 0 amide bonds. The Hall–Kier alpha value is -8.15. The van der Waals surface area contributed by atoms with Crippen molar-refractivity contribution in [3.8, 4) is 101 Å².